The molecular formula is C6H10NO3. The van der Waals surface area contributed by atoms with Gasteiger partial charge in [0.2, 0.25) is 0 Å². The number of hydrogen-bond acceptors (Lipinski definition) is 3. The quantitative estimate of drug-likeness (QED) is 0.434. The third kappa shape index (κ3) is 2.21. The van der Waals surface area contributed by atoms with Crippen molar-refractivity contribution in [3.05, 3.63) is 16.5 Å². The van der Waals surface area contributed by atoms with E-state index in [1.165, 1.54) is 0 Å². The number of nitrogens with zero attached hydrogens (tertiary/aromatic N) is 1. The summed E-state index contributed by atoms with van der Waals surface area (Å²) in [4.78, 5) is 14.2. The molecule has 0 saturated heterocycles. The molecule has 0 N–H and O–H groups in total. The second-order valence-corrected chi connectivity index (χ2v) is 2.39. The van der Waals surface area contributed by atoms with E-state index >= 15 is 0 Å². The van der Waals surface area contributed by atoms with E-state index in [4.69, 9.17) is 0 Å². The second kappa shape index (κ2) is 3.39. The minimum atomic E-state index is -0.716. The van der Waals surface area contributed by atoms with Gasteiger partial charge in [-0.3, -0.25) is 0 Å². The smallest absolute Gasteiger partial charge is 0.294 e. The topological polar surface area (TPSA) is 52.4 Å². The van der Waals surface area contributed by atoms with Crippen molar-refractivity contribution < 1.29 is 9.92 Å². The Labute approximate surface area is 59.3 Å². The van der Waals surface area contributed by atoms with Crippen LogP contribution >= 0.6 is 0 Å². The van der Waals surface area contributed by atoms with Crippen molar-refractivity contribution in [2.45, 2.75) is 31.8 Å². The summed E-state index contributed by atoms with van der Waals surface area (Å²) >= 11 is 0. The average molecular weight is 144 g/mol. The van der Waals surface area contributed by atoms with Crippen LogP contribution in [0, 0.1) is 16.5 Å². The fraction of sp³-hybridized carbons (Fsp3) is 0.833. The highest BCUT2D eigenvalue weighted by atomic mass is 17.0. The van der Waals surface area contributed by atoms with Gasteiger partial charge in [0.1, 0.15) is 6.10 Å². The fourth-order valence-electron chi connectivity index (χ4n) is 1.12. The van der Waals surface area contributed by atoms with E-state index in [1.807, 2.05) is 6.42 Å². The van der Waals surface area contributed by atoms with Gasteiger partial charge in [0, 0.05) is 0 Å². The minimum Gasteiger partial charge on any atom is -0.310 e. The first-order chi connectivity index (χ1) is 4.79. The molecule has 0 aromatic heterocycles. The van der Waals surface area contributed by atoms with Gasteiger partial charge in [-0.05, 0) is 19.3 Å². The zero-order valence-electron chi connectivity index (χ0n) is 5.66. The Morgan fingerprint density at radius 2 is 2.40 bits per heavy atom. The van der Waals surface area contributed by atoms with Crippen LogP contribution in [-0.2, 0) is 4.84 Å². The lowest BCUT2D eigenvalue weighted by Gasteiger charge is -2.18. The molecular weight excluding hydrogens is 134 g/mol. The molecule has 0 aromatic carbocycles. The lowest BCUT2D eigenvalue weighted by molar-refractivity contribution is -0.766. The summed E-state index contributed by atoms with van der Waals surface area (Å²) in [5.74, 6) is 0. The van der Waals surface area contributed by atoms with Gasteiger partial charge in [0.05, 0.1) is 0 Å². The Hall–Kier alpha value is -0.800. The van der Waals surface area contributed by atoms with Crippen LogP contribution in [0.15, 0.2) is 0 Å². The van der Waals surface area contributed by atoms with Crippen LogP contribution in [0.2, 0.25) is 0 Å². The normalized spacial score (nSPS) is 20.4. The molecule has 0 aromatic rings. The van der Waals surface area contributed by atoms with Crippen LogP contribution < -0.4 is 0 Å². The van der Waals surface area contributed by atoms with Crippen LogP contribution in [0.1, 0.15) is 25.7 Å². The second-order valence-electron chi connectivity index (χ2n) is 2.39. The molecule has 0 bridgehead atoms. The molecule has 1 radical (unpaired) electrons. The van der Waals surface area contributed by atoms with Crippen molar-refractivity contribution in [2.24, 2.45) is 0 Å². The van der Waals surface area contributed by atoms with Crippen LogP contribution in [0.4, 0.5) is 0 Å². The third-order valence-electron chi connectivity index (χ3n) is 1.59. The first kappa shape index (κ1) is 7.31. The molecule has 1 rings (SSSR count). The van der Waals surface area contributed by atoms with Crippen molar-refractivity contribution in [1.29, 1.82) is 0 Å². The van der Waals surface area contributed by atoms with Crippen LogP contribution in [0.5, 0.6) is 0 Å². The lowest BCUT2D eigenvalue weighted by atomic mass is 9.98. The van der Waals surface area contributed by atoms with E-state index in [0.717, 1.165) is 25.7 Å². The van der Waals surface area contributed by atoms with E-state index in [-0.39, 0.29) is 6.10 Å². The zero-order chi connectivity index (χ0) is 7.40. The summed E-state index contributed by atoms with van der Waals surface area (Å²) in [6.45, 7) is 0. The average Bonchev–Trinajstić information content (AvgIpc) is 1.88. The summed E-state index contributed by atoms with van der Waals surface area (Å²) in [7, 11) is 0. The predicted octanol–water partition coefficient (Wildman–Crippen LogP) is 1.34. The van der Waals surface area contributed by atoms with Crippen LogP contribution in [0.3, 0.4) is 0 Å². The molecule has 4 nitrogen and oxygen atoms in total. The number of rotatable bonds is 2. The highest BCUT2D eigenvalue weighted by Crippen LogP contribution is 2.18. The molecule has 0 aliphatic heterocycles. The lowest BCUT2D eigenvalue weighted by Crippen LogP contribution is -2.20. The highest BCUT2D eigenvalue weighted by Gasteiger charge is 2.16. The van der Waals surface area contributed by atoms with Gasteiger partial charge in [0.25, 0.3) is 5.09 Å². The summed E-state index contributed by atoms with van der Waals surface area (Å²) < 4.78 is 0. The molecule has 1 atom stereocenters. The molecule has 0 amide bonds. The van der Waals surface area contributed by atoms with Gasteiger partial charge >= 0.3 is 0 Å². The molecule has 0 spiro atoms. The fourth-order valence-corrected chi connectivity index (χ4v) is 1.12. The number of hydrogen-bond donors (Lipinski definition) is 0. The molecule has 0 heterocycles. The summed E-state index contributed by atoms with van der Waals surface area (Å²) in [6, 6.07) is 0. The van der Waals surface area contributed by atoms with Crippen molar-refractivity contribution in [3.63, 3.8) is 0 Å². The molecule has 10 heavy (non-hydrogen) atoms. The van der Waals surface area contributed by atoms with E-state index in [0.29, 0.717) is 0 Å². The highest BCUT2D eigenvalue weighted by molar-refractivity contribution is 4.80. The Kier molecular flexibility index (Phi) is 2.48. The monoisotopic (exact) mass is 144 g/mol. The van der Waals surface area contributed by atoms with Gasteiger partial charge in [0.15, 0.2) is 0 Å². The summed E-state index contributed by atoms with van der Waals surface area (Å²) in [5, 5.41) is 9.12. The van der Waals surface area contributed by atoms with Gasteiger partial charge in [-0.15, -0.1) is 10.1 Å². The van der Waals surface area contributed by atoms with Crippen molar-refractivity contribution in [3.8, 4) is 0 Å². The van der Waals surface area contributed by atoms with Crippen molar-refractivity contribution in [1.82, 2.24) is 0 Å². The van der Waals surface area contributed by atoms with E-state index < -0.39 is 5.09 Å². The standard InChI is InChI=1S/C6H10NO3/c8-7(9)10-6-4-2-1-3-5-6/h4,6H,1-3,5H2. The molecule has 1 fully saturated rings. The summed E-state index contributed by atoms with van der Waals surface area (Å²) in [6.07, 6.45) is 5.53. The SMILES string of the molecule is O=[N+]([O-])OC1[CH]CCCC1. The molecule has 1 aliphatic carbocycles. The minimum absolute atomic E-state index is 0.247. The Morgan fingerprint density at radius 3 is 2.90 bits per heavy atom. The Morgan fingerprint density at radius 1 is 1.60 bits per heavy atom. The first-order valence-electron chi connectivity index (χ1n) is 3.43. The Balaban J connectivity index is 2.19. The van der Waals surface area contributed by atoms with Crippen LogP contribution in [0.25, 0.3) is 0 Å². The Bertz CT molecular complexity index is 120. The van der Waals surface area contributed by atoms with Gasteiger partial charge in [-0.25, -0.2) is 0 Å². The molecule has 1 saturated carbocycles. The maximum absolute atomic E-state index is 9.83. The molecule has 57 valence electrons. The van der Waals surface area contributed by atoms with E-state index in [1.54, 1.807) is 0 Å². The zero-order valence-corrected chi connectivity index (χ0v) is 5.66. The summed E-state index contributed by atoms with van der Waals surface area (Å²) in [5.41, 5.74) is 0. The molecule has 1 aliphatic rings. The first-order valence-corrected chi connectivity index (χ1v) is 3.43. The predicted molar refractivity (Wildman–Crippen MR) is 34.6 cm³/mol. The maximum Gasteiger partial charge on any atom is 0.294 e. The largest absolute Gasteiger partial charge is 0.310 e. The van der Waals surface area contributed by atoms with Gasteiger partial charge < -0.3 is 4.84 Å². The molecule has 4 heteroatoms. The molecule has 1 unspecified atom stereocenters. The van der Waals surface area contributed by atoms with Crippen LogP contribution in [-0.4, -0.2) is 11.2 Å². The van der Waals surface area contributed by atoms with Gasteiger partial charge in [-0.1, -0.05) is 12.8 Å². The third-order valence-corrected chi connectivity index (χ3v) is 1.59. The maximum atomic E-state index is 9.83. The van der Waals surface area contributed by atoms with Gasteiger partial charge in [-0.2, -0.15) is 0 Å². The van der Waals surface area contributed by atoms with Crippen molar-refractivity contribution >= 4 is 0 Å². The van der Waals surface area contributed by atoms with Crippen molar-refractivity contribution in [2.75, 3.05) is 0 Å². The van der Waals surface area contributed by atoms with E-state index in [9.17, 15) is 10.1 Å². The van der Waals surface area contributed by atoms with E-state index in [2.05, 4.69) is 4.84 Å².